The monoisotopic (exact) mass is 322 g/mol. The quantitative estimate of drug-likeness (QED) is 0.820. The number of thiophene rings is 1. The summed E-state index contributed by atoms with van der Waals surface area (Å²) >= 11 is 7.77. The molecule has 0 saturated carbocycles. The first-order valence-corrected chi connectivity index (χ1v) is 8.69. The molecule has 0 aromatic carbocycles. The summed E-state index contributed by atoms with van der Waals surface area (Å²) in [5.74, 6) is 0. The summed E-state index contributed by atoms with van der Waals surface area (Å²) in [7, 11) is 0. The topological polar surface area (TPSA) is 30.9 Å². The lowest BCUT2D eigenvalue weighted by Gasteiger charge is -2.35. The van der Waals surface area contributed by atoms with E-state index in [1.807, 2.05) is 6.07 Å². The molecule has 2 atom stereocenters. The van der Waals surface area contributed by atoms with Gasteiger partial charge in [0.05, 0.1) is 10.4 Å². The highest BCUT2D eigenvalue weighted by molar-refractivity contribution is 7.16. The van der Waals surface area contributed by atoms with Crippen molar-refractivity contribution in [3.8, 4) is 0 Å². The molecule has 4 heteroatoms. The van der Waals surface area contributed by atoms with E-state index in [2.05, 4.69) is 44.4 Å². The van der Waals surface area contributed by atoms with Crippen molar-refractivity contribution in [2.75, 3.05) is 0 Å². The SMILES string of the molecule is Cc1cc2c(n1C(C)c1ccc(Cl)s1)CC(C)(C)CC2N. The van der Waals surface area contributed by atoms with Gasteiger partial charge in [-0.2, -0.15) is 0 Å². The molecule has 0 saturated heterocycles. The van der Waals surface area contributed by atoms with E-state index >= 15 is 0 Å². The average Bonchev–Trinajstić information content (AvgIpc) is 2.91. The van der Waals surface area contributed by atoms with Crippen LogP contribution in [0.4, 0.5) is 0 Å². The second-order valence-corrected chi connectivity index (χ2v) is 8.77. The molecule has 0 fully saturated rings. The molecule has 2 aromatic heterocycles. The van der Waals surface area contributed by atoms with Gasteiger partial charge in [0.1, 0.15) is 0 Å². The van der Waals surface area contributed by atoms with E-state index in [0.717, 1.165) is 17.2 Å². The van der Waals surface area contributed by atoms with Crippen LogP contribution in [0.2, 0.25) is 4.34 Å². The number of rotatable bonds is 2. The fraction of sp³-hybridized carbons (Fsp3) is 0.529. The molecular formula is C17H23ClN2S. The summed E-state index contributed by atoms with van der Waals surface area (Å²) in [6, 6.07) is 6.87. The first-order valence-electron chi connectivity index (χ1n) is 7.50. The van der Waals surface area contributed by atoms with Crippen LogP contribution < -0.4 is 5.73 Å². The zero-order valence-corrected chi connectivity index (χ0v) is 14.7. The second-order valence-electron chi connectivity index (χ2n) is 7.03. The minimum absolute atomic E-state index is 0.155. The van der Waals surface area contributed by atoms with Crippen molar-refractivity contribution < 1.29 is 0 Å². The highest BCUT2D eigenvalue weighted by atomic mass is 35.5. The van der Waals surface area contributed by atoms with Crippen LogP contribution in [0.5, 0.6) is 0 Å². The van der Waals surface area contributed by atoms with E-state index in [0.29, 0.717) is 6.04 Å². The lowest BCUT2D eigenvalue weighted by Crippen LogP contribution is -2.31. The van der Waals surface area contributed by atoms with E-state index in [1.54, 1.807) is 11.3 Å². The number of hydrogen-bond donors (Lipinski definition) is 1. The lowest BCUT2D eigenvalue weighted by atomic mass is 9.74. The largest absolute Gasteiger partial charge is 0.341 e. The molecule has 0 amide bonds. The van der Waals surface area contributed by atoms with Crippen LogP contribution in [0, 0.1) is 12.3 Å². The predicted octanol–water partition coefficient (Wildman–Crippen LogP) is 5.09. The van der Waals surface area contributed by atoms with E-state index in [9.17, 15) is 0 Å². The van der Waals surface area contributed by atoms with Gasteiger partial charge >= 0.3 is 0 Å². The summed E-state index contributed by atoms with van der Waals surface area (Å²) in [6.45, 7) is 9.07. The standard InChI is InChI=1S/C17H23ClN2S/c1-10-7-12-13(19)8-17(3,4)9-14(12)20(10)11(2)15-5-6-16(18)21-15/h5-7,11,13H,8-9,19H2,1-4H3. The van der Waals surface area contributed by atoms with Crippen LogP contribution in [-0.2, 0) is 6.42 Å². The van der Waals surface area contributed by atoms with Gasteiger partial charge in [-0.05, 0) is 55.9 Å². The van der Waals surface area contributed by atoms with Gasteiger partial charge in [0.2, 0.25) is 0 Å². The number of nitrogens with zero attached hydrogens (tertiary/aromatic N) is 1. The smallest absolute Gasteiger partial charge is 0.0932 e. The zero-order chi connectivity index (χ0) is 15.4. The van der Waals surface area contributed by atoms with Crippen LogP contribution in [-0.4, -0.2) is 4.57 Å². The lowest BCUT2D eigenvalue weighted by molar-refractivity contribution is 0.274. The molecule has 1 aliphatic carbocycles. The van der Waals surface area contributed by atoms with Gasteiger partial charge in [0.25, 0.3) is 0 Å². The predicted molar refractivity (Wildman–Crippen MR) is 91.3 cm³/mol. The van der Waals surface area contributed by atoms with E-state index in [4.69, 9.17) is 17.3 Å². The van der Waals surface area contributed by atoms with Crippen molar-refractivity contribution in [1.29, 1.82) is 0 Å². The Morgan fingerprint density at radius 1 is 1.43 bits per heavy atom. The van der Waals surface area contributed by atoms with Gasteiger partial charge in [-0.15, -0.1) is 11.3 Å². The minimum atomic E-state index is 0.155. The fourth-order valence-corrected chi connectivity index (χ4v) is 4.79. The summed E-state index contributed by atoms with van der Waals surface area (Å²) in [5.41, 5.74) is 10.7. The van der Waals surface area contributed by atoms with Crippen LogP contribution in [0.1, 0.15) is 61.1 Å². The summed E-state index contributed by atoms with van der Waals surface area (Å²) in [5, 5.41) is 0. The van der Waals surface area contributed by atoms with Crippen LogP contribution >= 0.6 is 22.9 Å². The van der Waals surface area contributed by atoms with Gasteiger partial charge in [-0.1, -0.05) is 25.4 Å². The third kappa shape index (κ3) is 2.67. The fourth-order valence-electron chi connectivity index (χ4n) is 3.69. The maximum atomic E-state index is 6.42. The number of aromatic nitrogens is 1. The highest BCUT2D eigenvalue weighted by Crippen LogP contribution is 2.43. The molecule has 21 heavy (non-hydrogen) atoms. The Hall–Kier alpha value is -0.770. The molecule has 2 N–H and O–H groups in total. The molecule has 2 aromatic rings. The molecule has 1 aliphatic rings. The van der Waals surface area contributed by atoms with Crippen molar-refractivity contribution >= 4 is 22.9 Å². The Kier molecular flexibility index (Phi) is 3.71. The Balaban J connectivity index is 2.08. The van der Waals surface area contributed by atoms with Crippen LogP contribution in [0.25, 0.3) is 0 Å². The molecule has 2 unspecified atom stereocenters. The zero-order valence-electron chi connectivity index (χ0n) is 13.1. The van der Waals surface area contributed by atoms with Crippen molar-refractivity contribution in [2.45, 2.75) is 52.6 Å². The van der Waals surface area contributed by atoms with Crippen LogP contribution in [0.15, 0.2) is 18.2 Å². The summed E-state index contributed by atoms with van der Waals surface area (Å²) in [4.78, 5) is 1.30. The number of aryl methyl sites for hydroxylation is 1. The molecule has 3 rings (SSSR count). The molecule has 114 valence electrons. The maximum Gasteiger partial charge on any atom is 0.0932 e. The minimum Gasteiger partial charge on any atom is -0.341 e. The van der Waals surface area contributed by atoms with Gasteiger partial charge < -0.3 is 10.3 Å². The molecule has 0 bridgehead atoms. The molecule has 0 aliphatic heterocycles. The number of halogens is 1. The van der Waals surface area contributed by atoms with Crippen molar-refractivity contribution in [3.63, 3.8) is 0 Å². The van der Waals surface area contributed by atoms with E-state index in [-0.39, 0.29) is 11.5 Å². The van der Waals surface area contributed by atoms with Gasteiger partial charge in [-0.3, -0.25) is 0 Å². The maximum absolute atomic E-state index is 6.42. The third-order valence-electron chi connectivity index (χ3n) is 4.58. The van der Waals surface area contributed by atoms with Crippen molar-refractivity contribution in [2.24, 2.45) is 11.1 Å². The molecule has 0 radical (unpaired) electrons. The Labute approximate surface area is 135 Å². The Bertz CT molecular complexity index is 668. The van der Waals surface area contributed by atoms with Gasteiger partial charge in [0, 0.05) is 22.3 Å². The van der Waals surface area contributed by atoms with Crippen molar-refractivity contribution in [3.05, 3.63) is 44.4 Å². The Morgan fingerprint density at radius 2 is 2.14 bits per heavy atom. The molecular weight excluding hydrogens is 300 g/mol. The van der Waals surface area contributed by atoms with Gasteiger partial charge in [0.15, 0.2) is 0 Å². The van der Waals surface area contributed by atoms with Crippen LogP contribution in [0.3, 0.4) is 0 Å². The molecule has 0 spiro atoms. The van der Waals surface area contributed by atoms with E-state index < -0.39 is 0 Å². The average molecular weight is 323 g/mol. The first-order chi connectivity index (χ1) is 9.78. The number of nitrogens with two attached hydrogens (primary N) is 1. The highest BCUT2D eigenvalue weighted by Gasteiger charge is 2.34. The van der Waals surface area contributed by atoms with Crippen molar-refractivity contribution in [1.82, 2.24) is 4.57 Å². The molecule has 2 nitrogen and oxygen atoms in total. The molecule has 2 heterocycles. The number of hydrogen-bond acceptors (Lipinski definition) is 2. The summed E-state index contributed by atoms with van der Waals surface area (Å²) < 4.78 is 3.31. The first kappa shape index (κ1) is 15.1. The second kappa shape index (κ2) is 5.15. The van der Waals surface area contributed by atoms with Gasteiger partial charge in [-0.25, -0.2) is 0 Å². The van der Waals surface area contributed by atoms with E-state index in [1.165, 1.54) is 21.8 Å². The summed E-state index contributed by atoms with van der Waals surface area (Å²) in [6.07, 6.45) is 2.15. The third-order valence-corrected chi connectivity index (χ3v) is 5.98. The number of fused-ring (bicyclic) bond motifs is 1. The normalized spacial score (nSPS) is 22.1. The Morgan fingerprint density at radius 3 is 2.76 bits per heavy atom.